The molecule has 5 nitrogen and oxygen atoms in total. The third-order valence-corrected chi connectivity index (χ3v) is 2.12. The lowest BCUT2D eigenvalue weighted by molar-refractivity contribution is -0.110. The van der Waals surface area contributed by atoms with E-state index in [4.69, 9.17) is 0 Å². The first-order valence-electron chi connectivity index (χ1n) is 2.94. The van der Waals surface area contributed by atoms with Gasteiger partial charge in [-0.15, -0.1) is 0 Å². The largest absolute Gasteiger partial charge is 0.336 e. The van der Waals surface area contributed by atoms with Crippen LogP contribution in [-0.2, 0) is 23.9 Å². The van der Waals surface area contributed by atoms with Gasteiger partial charge in [0, 0.05) is 5.57 Å². The molecule has 0 N–H and O–H groups in total. The van der Waals surface area contributed by atoms with Gasteiger partial charge in [-0.2, -0.15) is 8.42 Å². The summed E-state index contributed by atoms with van der Waals surface area (Å²) in [6.07, 6.45) is 0.239. The second-order valence-corrected chi connectivity index (χ2v) is 3.49. The van der Waals surface area contributed by atoms with Crippen LogP contribution in [0, 0.1) is 0 Å². The minimum Gasteiger partial charge on any atom is -0.301 e. The van der Waals surface area contributed by atoms with E-state index in [0.717, 1.165) is 0 Å². The normalized spacial score (nSPS) is 10.8. The summed E-state index contributed by atoms with van der Waals surface area (Å²) in [4.78, 5) is 20.5. The molecular weight excluding hydrogens is 184 g/mol. The minimum atomic E-state index is -4.29. The molecule has 0 aromatic heterocycles. The summed E-state index contributed by atoms with van der Waals surface area (Å²) < 4.78 is 25.5. The van der Waals surface area contributed by atoms with Crippen LogP contribution in [0.25, 0.3) is 0 Å². The van der Waals surface area contributed by atoms with Gasteiger partial charge in [-0.3, -0.25) is 8.98 Å². The van der Waals surface area contributed by atoms with Crippen molar-refractivity contribution in [3.63, 3.8) is 0 Å². The lowest BCUT2D eigenvalue weighted by Crippen LogP contribution is -2.19. The summed E-state index contributed by atoms with van der Waals surface area (Å²) in [5.41, 5.74) is -0.152. The monoisotopic (exact) mass is 192 g/mol. The molecule has 0 radical (unpaired) electrons. The molecular formula is C6H8O5S. The van der Waals surface area contributed by atoms with E-state index in [1.54, 1.807) is 0 Å². The van der Waals surface area contributed by atoms with Crippen molar-refractivity contribution >= 4 is 21.5 Å². The van der Waals surface area contributed by atoms with E-state index in [9.17, 15) is 18.0 Å². The number of carbonyl (C=O) groups excluding carboxylic acids is 2. The van der Waals surface area contributed by atoms with Crippen LogP contribution in [-0.4, -0.2) is 26.4 Å². The molecule has 0 saturated heterocycles. The number of hydrogen-bond donors (Lipinski definition) is 0. The fourth-order valence-electron chi connectivity index (χ4n) is 0.384. The molecule has 6 heteroatoms. The Labute approximate surface area is 70.1 Å². The molecule has 0 amide bonds. The van der Waals surface area contributed by atoms with Crippen molar-refractivity contribution in [2.24, 2.45) is 0 Å². The topological polar surface area (TPSA) is 77.5 Å². The van der Waals surface area contributed by atoms with Crippen molar-refractivity contribution in [3.05, 3.63) is 12.2 Å². The SMILES string of the molecule is C=C(C)C(=O)S(=O)(=O)OCC=O. The molecule has 0 saturated carbocycles. The van der Waals surface area contributed by atoms with Crippen LogP contribution in [0.4, 0.5) is 0 Å². The number of hydrogen-bond acceptors (Lipinski definition) is 5. The van der Waals surface area contributed by atoms with E-state index in [-0.39, 0.29) is 11.9 Å². The van der Waals surface area contributed by atoms with Crippen molar-refractivity contribution in [1.29, 1.82) is 0 Å². The molecule has 0 aliphatic rings. The van der Waals surface area contributed by atoms with Crippen molar-refractivity contribution in [1.82, 2.24) is 0 Å². The van der Waals surface area contributed by atoms with Crippen LogP contribution < -0.4 is 0 Å². The lowest BCUT2D eigenvalue weighted by atomic mass is 10.4. The third-order valence-electron chi connectivity index (χ3n) is 0.867. The fraction of sp³-hybridized carbons (Fsp3) is 0.333. The molecule has 0 fully saturated rings. The number of carbonyl (C=O) groups is 2. The molecule has 0 heterocycles. The van der Waals surface area contributed by atoms with Gasteiger partial charge >= 0.3 is 10.1 Å². The molecule has 0 aromatic rings. The molecule has 0 aromatic carbocycles. The van der Waals surface area contributed by atoms with Crippen LogP contribution >= 0.6 is 0 Å². The zero-order chi connectivity index (χ0) is 9.78. The van der Waals surface area contributed by atoms with Crippen LogP contribution in [0.15, 0.2) is 12.2 Å². The molecule has 68 valence electrons. The van der Waals surface area contributed by atoms with E-state index in [0.29, 0.717) is 0 Å². The Hall–Kier alpha value is -1.01. The van der Waals surface area contributed by atoms with Crippen molar-refractivity contribution in [2.45, 2.75) is 6.92 Å². The summed E-state index contributed by atoms with van der Waals surface area (Å²) in [6.45, 7) is 3.72. The maximum absolute atomic E-state index is 10.7. The molecule has 0 aliphatic heterocycles. The Kier molecular flexibility index (Phi) is 3.78. The second-order valence-electron chi connectivity index (χ2n) is 1.97. The van der Waals surface area contributed by atoms with Crippen molar-refractivity contribution in [3.8, 4) is 0 Å². The summed E-state index contributed by atoms with van der Waals surface area (Å²) in [5.74, 6) is 0. The molecule has 0 rings (SSSR count). The molecule has 0 unspecified atom stereocenters. The van der Waals surface area contributed by atoms with E-state index in [1.165, 1.54) is 6.92 Å². The predicted octanol–water partition coefficient (Wildman–Crippen LogP) is -0.366. The maximum Gasteiger partial charge on any atom is 0.336 e. The highest BCUT2D eigenvalue weighted by atomic mass is 32.2. The van der Waals surface area contributed by atoms with Crippen LogP contribution in [0.1, 0.15) is 6.92 Å². The molecule has 12 heavy (non-hydrogen) atoms. The van der Waals surface area contributed by atoms with Crippen LogP contribution in [0.5, 0.6) is 0 Å². The molecule has 0 atom stereocenters. The zero-order valence-electron chi connectivity index (χ0n) is 6.44. The summed E-state index contributed by atoms with van der Waals surface area (Å²) >= 11 is 0. The zero-order valence-corrected chi connectivity index (χ0v) is 7.26. The van der Waals surface area contributed by atoms with Gasteiger partial charge in [0.25, 0.3) is 5.12 Å². The second kappa shape index (κ2) is 4.13. The summed E-state index contributed by atoms with van der Waals surface area (Å²) in [7, 11) is -4.29. The van der Waals surface area contributed by atoms with Crippen LogP contribution in [0.2, 0.25) is 0 Å². The maximum atomic E-state index is 10.7. The Morgan fingerprint density at radius 3 is 2.42 bits per heavy atom. The highest BCUT2D eigenvalue weighted by Crippen LogP contribution is 2.01. The average molecular weight is 192 g/mol. The first-order valence-corrected chi connectivity index (χ1v) is 4.35. The van der Waals surface area contributed by atoms with Crippen molar-refractivity contribution in [2.75, 3.05) is 6.61 Å². The van der Waals surface area contributed by atoms with Gasteiger partial charge in [0.15, 0.2) is 0 Å². The van der Waals surface area contributed by atoms with Gasteiger partial charge in [0.1, 0.15) is 12.9 Å². The lowest BCUT2D eigenvalue weighted by Gasteiger charge is -1.99. The Bertz CT molecular complexity index is 300. The van der Waals surface area contributed by atoms with E-state index < -0.39 is 21.8 Å². The van der Waals surface area contributed by atoms with Gasteiger partial charge in [0.2, 0.25) is 0 Å². The van der Waals surface area contributed by atoms with Gasteiger partial charge in [-0.05, 0) is 6.92 Å². The standard InChI is InChI=1S/C6H8O5S/c1-5(2)6(8)12(9,10)11-4-3-7/h3H,1,4H2,2H3. The van der Waals surface area contributed by atoms with Gasteiger partial charge in [-0.1, -0.05) is 6.58 Å². The Balaban J connectivity index is 4.52. The predicted molar refractivity (Wildman–Crippen MR) is 40.8 cm³/mol. The first-order chi connectivity index (χ1) is 5.41. The van der Waals surface area contributed by atoms with E-state index in [1.807, 2.05) is 0 Å². The van der Waals surface area contributed by atoms with Gasteiger partial charge < -0.3 is 4.79 Å². The van der Waals surface area contributed by atoms with Crippen LogP contribution in [0.3, 0.4) is 0 Å². The van der Waals surface area contributed by atoms with Gasteiger partial charge in [-0.25, -0.2) is 0 Å². The van der Waals surface area contributed by atoms with E-state index in [2.05, 4.69) is 10.8 Å². The quantitative estimate of drug-likeness (QED) is 0.345. The average Bonchev–Trinajstić information content (AvgIpc) is 1.99. The summed E-state index contributed by atoms with van der Waals surface area (Å²) in [5, 5.41) is -1.20. The smallest absolute Gasteiger partial charge is 0.301 e. The highest BCUT2D eigenvalue weighted by molar-refractivity contribution is 8.02. The van der Waals surface area contributed by atoms with E-state index >= 15 is 0 Å². The molecule has 0 aliphatic carbocycles. The van der Waals surface area contributed by atoms with Gasteiger partial charge in [0.05, 0.1) is 0 Å². The highest BCUT2D eigenvalue weighted by Gasteiger charge is 2.23. The number of aldehydes is 1. The molecule has 0 bridgehead atoms. The Morgan fingerprint density at radius 2 is 2.08 bits per heavy atom. The van der Waals surface area contributed by atoms with Crippen molar-refractivity contribution < 1.29 is 22.2 Å². The fourth-order valence-corrected chi connectivity index (χ4v) is 1.15. The minimum absolute atomic E-state index is 0.152. The number of rotatable bonds is 4. The summed E-state index contributed by atoms with van der Waals surface area (Å²) in [6, 6.07) is 0. The first kappa shape index (κ1) is 11.0. The molecule has 0 spiro atoms. The Morgan fingerprint density at radius 1 is 1.58 bits per heavy atom. The third kappa shape index (κ3) is 2.93.